The van der Waals surface area contributed by atoms with Crippen molar-refractivity contribution in [1.29, 1.82) is 0 Å². The number of benzene rings is 4. The first-order chi connectivity index (χ1) is 12.7. The first kappa shape index (κ1) is 15.2. The van der Waals surface area contributed by atoms with Gasteiger partial charge < -0.3 is 4.74 Å². The van der Waals surface area contributed by atoms with Gasteiger partial charge in [0, 0.05) is 0 Å². The number of fused-ring (bicyclic) bond motifs is 2. The van der Waals surface area contributed by atoms with Gasteiger partial charge in [0.2, 0.25) is 0 Å². The molecule has 0 N–H and O–H groups in total. The summed E-state index contributed by atoms with van der Waals surface area (Å²) in [5.41, 5.74) is 1.27. The Morgan fingerprint density at radius 1 is 0.692 bits per heavy atom. The standard InChI is InChI=1S/C24H18O2/c1-16-24(23(25)26-16,21-14-6-10-17-8-2-4-12-19(17)21)22-15-7-11-18-9-3-5-13-20(18)22/h2-16H,1H3. The third-order valence-electron chi connectivity index (χ3n) is 5.64. The predicted molar refractivity (Wildman–Crippen MR) is 104 cm³/mol. The minimum absolute atomic E-state index is 0.169. The van der Waals surface area contributed by atoms with Crippen molar-refractivity contribution in [3.8, 4) is 0 Å². The van der Waals surface area contributed by atoms with Crippen LogP contribution in [0.5, 0.6) is 0 Å². The van der Waals surface area contributed by atoms with Gasteiger partial charge >= 0.3 is 5.97 Å². The molecule has 126 valence electrons. The van der Waals surface area contributed by atoms with Gasteiger partial charge in [0.15, 0.2) is 5.41 Å². The number of carbonyl (C=O) groups excluding carboxylic acids is 1. The van der Waals surface area contributed by atoms with E-state index in [9.17, 15) is 4.79 Å². The van der Waals surface area contributed by atoms with E-state index < -0.39 is 5.41 Å². The molecule has 1 atom stereocenters. The molecule has 0 spiro atoms. The van der Waals surface area contributed by atoms with E-state index >= 15 is 0 Å². The molecular weight excluding hydrogens is 320 g/mol. The topological polar surface area (TPSA) is 26.3 Å². The van der Waals surface area contributed by atoms with Gasteiger partial charge in [0.05, 0.1) is 0 Å². The molecule has 0 radical (unpaired) electrons. The predicted octanol–water partition coefficient (Wildman–Crippen LogP) is 5.22. The first-order valence-electron chi connectivity index (χ1n) is 8.90. The van der Waals surface area contributed by atoms with Crippen molar-refractivity contribution in [3.05, 3.63) is 96.1 Å². The maximum atomic E-state index is 13.0. The van der Waals surface area contributed by atoms with Crippen LogP contribution in [-0.2, 0) is 14.9 Å². The molecule has 4 aromatic rings. The van der Waals surface area contributed by atoms with E-state index in [0.29, 0.717) is 0 Å². The fourth-order valence-corrected chi connectivity index (χ4v) is 4.39. The molecule has 1 fully saturated rings. The SMILES string of the molecule is CC1OC(=O)C1(c1cccc2ccccc12)c1cccc2ccccc12. The normalized spacial score (nSPS) is 18.5. The van der Waals surface area contributed by atoms with Crippen molar-refractivity contribution >= 4 is 27.5 Å². The molecule has 1 heterocycles. The summed E-state index contributed by atoms with van der Waals surface area (Å²) < 4.78 is 5.52. The average Bonchev–Trinajstić information content (AvgIpc) is 2.69. The molecule has 0 aliphatic carbocycles. The highest BCUT2D eigenvalue weighted by Gasteiger charge is 2.59. The minimum atomic E-state index is -0.776. The molecule has 2 heteroatoms. The Morgan fingerprint density at radius 3 is 1.62 bits per heavy atom. The third kappa shape index (κ3) is 1.84. The highest BCUT2D eigenvalue weighted by molar-refractivity contribution is 6.04. The van der Waals surface area contributed by atoms with Crippen LogP contribution < -0.4 is 0 Å². The minimum Gasteiger partial charge on any atom is -0.460 e. The molecule has 1 aliphatic rings. The molecule has 1 aliphatic heterocycles. The van der Waals surface area contributed by atoms with Crippen LogP contribution in [0, 0.1) is 0 Å². The van der Waals surface area contributed by atoms with E-state index in [1.807, 2.05) is 43.3 Å². The van der Waals surface area contributed by atoms with Crippen LogP contribution in [0.1, 0.15) is 18.1 Å². The smallest absolute Gasteiger partial charge is 0.325 e. The first-order valence-corrected chi connectivity index (χ1v) is 8.90. The fourth-order valence-electron chi connectivity index (χ4n) is 4.39. The zero-order valence-electron chi connectivity index (χ0n) is 14.5. The van der Waals surface area contributed by atoms with Crippen LogP contribution in [0.25, 0.3) is 21.5 Å². The number of esters is 1. The van der Waals surface area contributed by atoms with Crippen molar-refractivity contribution < 1.29 is 9.53 Å². The molecule has 4 aromatic carbocycles. The Hall–Kier alpha value is -3.13. The third-order valence-corrected chi connectivity index (χ3v) is 5.64. The molecule has 1 unspecified atom stereocenters. The van der Waals surface area contributed by atoms with Gasteiger partial charge in [0.1, 0.15) is 6.10 Å². The maximum Gasteiger partial charge on any atom is 0.325 e. The van der Waals surface area contributed by atoms with Crippen molar-refractivity contribution in [2.24, 2.45) is 0 Å². The van der Waals surface area contributed by atoms with E-state index in [0.717, 1.165) is 32.7 Å². The molecule has 1 saturated heterocycles. The largest absolute Gasteiger partial charge is 0.460 e. The summed E-state index contributed by atoms with van der Waals surface area (Å²) in [6, 6.07) is 28.8. The van der Waals surface area contributed by atoms with E-state index in [4.69, 9.17) is 4.74 Å². The average molecular weight is 338 g/mol. The molecule has 0 saturated carbocycles. The Kier molecular flexibility index (Phi) is 3.17. The van der Waals surface area contributed by atoms with Crippen molar-refractivity contribution in [3.63, 3.8) is 0 Å². The second-order valence-electron chi connectivity index (χ2n) is 6.91. The molecule has 5 rings (SSSR count). The van der Waals surface area contributed by atoms with E-state index in [1.165, 1.54) is 0 Å². The summed E-state index contributed by atoms with van der Waals surface area (Å²) >= 11 is 0. The highest BCUT2D eigenvalue weighted by atomic mass is 16.6. The van der Waals surface area contributed by atoms with Crippen LogP contribution in [0.2, 0.25) is 0 Å². The van der Waals surface area contributed by atoms with Gasteiger partial charge in [-0.15, -0.1) is 0 Å². The summed E-state index contributed by atoms with van der Waals surface area (Å²) in [6.45, 7) is 1.99. The van der Waals surface area contributed by atoms with E-state index in [-0.39, 0.29) is 12.1 Å². The van der Waals surface area contributed by atoms with Gasteiger partial charge in [-0.25, -0.2) is 0 Å². The van der Waals surface area contributed by atoms with Crippen LogP contribution in [0.3, 0.4) is 0 Å². The summed E-state index contributed by atoms with van der Waals surface area (Å²) in [5, 5.41) is 4.48. The Morgan fingerprint density at radius 2 is 1.15 bits per heavy atom. The number of cyclic esters (lactones) is 1. The molecular formula is C24H18O2. The number of ether oxygens (including phenoxy) is 1. The lowest BCUT2D eigenvalue weighted by Gasteiger charge is -2.47. The highest BCUT2D eigenvalue weighted by Crippen LogP contribution is 2.49. The second kappa shape index (κ2) is 5.43. The lowest BCUT2D eigenvalue weighted by atomic mass is 9.65. The van der Waals surface area contributed by atoms with Crippen LogP contribution in [0.4, 0.5) is 0 Å². The monoisotopic (exact) mass is 338 g/mol. The lowest BCUT2D eigenvalue weighted by Crippen LogP contribution is -2.59. The molecule has 0 amide bonds. The van der Waals surface area contributed by atoms with Crippen LogP contribution in [-0.4, -0.2) is 12.1 Å². The van der Waals surface area contributed by atoms with Crippen molar-refractivity contribution in [1.82, 2.24) is 0 Å². The maximum absolute atomic E-state index is 13.0. The number of hydrogen-bond donors (Lipinski definition) is 0. The van der Waals surface area contributed by atoms with Crippen LogP contribution >= 0.6 is 0 Å². The van der Waals surface area contributed by atoms with E-state index in [2.05, 4.69) is 48.5 Å². The molecule has 0 aromatic heterocycles. The van der Waals surface area contributed by atoms with Gasteiger partial charge in [-0.2, -0.15) is 0 Å². The Bertz CT molecular complexity index is 1070. The molecule has 26 heavy (non-hydrogen) atoms. The molecule has 2 nitrogen and oxygen atoms in total. The summed E-state index contributed by atoms with van der Waals surface area (Å²) in [6.07, 6.45) is -0.216. The van der Waals surface area contributed by atoms with Gasteiger partial charge in [0.25, 0.3) is 0 Å². The molecule has 0 bridgehead atoms. The Labute approximate surface area is 152 Å². The lowest BCUT2D eigenvalue weighted by molar-refractivity contribution is -0.183. The van der Waals surface area contributed by atoms with Crippen molar-refractivity contribution in [2.45, 2.75) is 18.4 Å². The summed E-state index contributed by atoms with van der Waals surface area (Å²) in [5.74, 6) is -0.169. The summed E-state index contributed by atoms with van der Waals surface area (Å²) in [7, 11) is 0. The quantitative estimate of drug-likeness (QED) is 0.468. The fraction of sp³-hybridized carbons (Fsp3) is 0.125. The van der Waals surface area contributed by atoms with Crippen LogP contribution in [0.15, 0.2) is 84.9 Å². The van der Waals surface area contributed by atoms with E-state index in [1.54, 1.807) is 0 Å². The number of hydrogen-bond acceptors (Lipinski definition) is 2. The van der Waals surface area contributed by atoms with Crippen molar-refractivity contribution in [2.75, 3.05) is 0 Å². The zero-order valence-corrected chi connectivity index (χ0v) is 14.5. The van der Waals surface area contributed by atoms with Gasteiger partial charge in [-0.1, -0.05) is 84.9 Å². The number of rotatable bonds is 2. The zero-order chi connectivity index (χ0) is 17.7. The van der Waals surface area contributed by atoms with Gasteiger partial charge in [-0.05, 0) is 39.6 Å². The summed E-state index contributed by atoms with van der Waals surface area (Å²) in [4.78, 5) is 13.0. The number of carbonyl (C=O) groups is 1. The second-order valence-corrected chi connectivity index (χ2v) is 6.91. The van der Waals surface area contributed by atoms with Gasteiger partial charge in [-0.3, -0.25) is 4.79 Å². The Balaban J connectivity index is 1.91.